The molecule has 1 nitrogen and oxygen atoms in total. The average molecular weight is 403 g/mol. The summed E-state index contributed by atoms with van der Waals surface area (Å²) in [7, 11) is 0. The fraction of sp³-hybridized carbons (Fsp3) is 1.00. The monoisotopic (exact) mass is 402 g/mol. The second-order valence-electron chi connectivity index (χ2n) is 12.8. The van der Waals surface area contributed by atoms with Crippen LogP contribution in [0.25, 0.3) is 0 Å². The molecule has 1 N–H and O–H groups in total. The van der Waals surface area contributed by atoms with Crippen molar-refractivity contribution >= 4 is 0 Å². The first kappa shape index (κ1) is 22.2. The molecule has 0 heterocycles. The van der Waals surface area contributed by atoms with E-state index < -0.39 is 0 Å². The lowest BCUT2D eigenvalue weighted by Crippen LogP contribution is -2.53. The van der Waals surface area contributed by atoms with E-state index in [4.69, 9.17) is 0 Å². The molecule has 0 aromatic heterocycles. The number of rotatable bonds is 6. The van der Waals surface area contributed by atoms with Crippen LogP contribution in [-0.2, 0) is 0 Å². The quantitative estimate of drug-likeness (QED) is 0.479. The second kappa shape index (κ2) is 8.48. The Morgan fingerprint density at radius 3 is 2.31 bits per heavy atom. The van der Waals surface area contributed by atoms with Crippen molar-refractivity contribution in [2.75, 3.05) is 0 Å². The number of aliphatic hydroxyl groups is 1. The Labute approximate surface area is 181 Å². The van der Waals surface area contributed by atoms with E-state index in [1.807, 2.05) is 6.92 Å². The van der Waals surface area contributed by atoms with Gasteiger partial charge in [-0.1, -0.05) is 53.4 Å². The van der Waals surface area contributed by atoms with Crippen LogP contribution in [0.3, 0.4) is 0 Å². The van der Waals surface area contributed by atoms with Crippen LogP contribution in [0.1, 0.15) is 118 Å². The first-order chi connectivity index (χ1) is 13.8. The maximum absolute atomic E-state index is 9.81. The number of aliphatic hydroxyl groups excluding tert-OH is 1. The zero-order valence-electron chi connectivity index (χ0n) is 20.3. The molecule has 0 amide bonds. The van der Waals surface area contributed by atoms with Gasteiger partial charge in [0.15, 0.2) is 0 Å². The standard InChI is InChI=1S/C28H50O/c1-19(21(3)29)9-8-10-20(2)24-14-15-25-23-13-12-22-11-6-7-17-27(22,4)26(23)16-18-28(24,25)5/h19-26,29H,6-18H2,1-5H3/t19?,20?,21?,22?,23-,24+,25-,26-,27-,28+/m0/s1. The van der Waals surface area contributed by atoms with Crippen LogP contribution in [0, 0.1) is 52.3 Å². The minimum absolute atomic E-state index is 0.148. The van der Waals surface area contributed by atoms with Crippen molar-refractivity contribution in [3.8, 4) is 0 Å². The number of hydrogen-bond acceptors (Lipinski definition) is 1. The van der Waals surface area contributed by atoms with Gasteiger partial charge in [-0.3, -0.25) is 0 Å². The molecular formula is C28H50O. The molecule has 0 saturated heterocycles. The molecule has 0 radical (unpaired) electrons. The predicted molar refractivity (Wildman–Crippen MR) is 124 cm³/mol. The molecule has 4 aliphatic rings. The first-order valence-corrected chi connectivity index (χ1v) is 13.5. The lowest BCUT2D eigenvalue weighted by atomic mass is 9.44. The maximum Gasteiger partial charge on any atom is 0.0537 e. The Bertz CT molecular complexity index is 555. The molecule has 1 heteroatoms. The van der Waals surface area contributed by atoms with Gasteiger partial charge in [-0.05, 0) is 117 Å². The van der Waals surface area contributed by atoms with E-state index in [-0.39, 0.29) is 6.10 Å². The molecule has 4 saturated carbocycles. The molecule has 4 aliphatic carbocycles. The Morgan fingerprint density at radius 1 is 0.793 bits per heavy atom. The highest BCUT2D eigenvalue weighted by atomic mass is 16.3. The van der Waals surface area contributed by atoms with Crippen LogP contribution >= 0.6 is 0 Å². The summed E-state index contributed by atoms with van der Waals surface area (Å²) in [4.78, 5) is 0. The molecular weight excluding hydrogens is 352 g/mol. The molecule has 4 rings (SSSR count). The van der Waals surface area contributed by atoms with Crippen LogP contribution in [0.15, 0.2) is 0 Å². The summed E-state index contributed by atoms with van der Waals surface area (Å²) in [5, 5.41) is 9.81. The van der Waals surface area contributed by atoms with E-state index >= 15 is 0 Å². The molecule has 0 spiro atoms. The molecule has 0 bridgehead atoms. The van der Waals surface area contributed by atoms with E-state index in [1.54, 1.807) is 12.8 Å². The minimum atomic E-state index is -0.148. The van der Waals surface area contributed by atoms with Crippen LogP contribution in [-0.4, -0.2) is 11.2 Å². The van der Waals surface area contributed by atoms with Crippen molar-refractivity contribution in [1.29, 1.82) is 0 Å². The third kappa shape index (κ3) is 3.85. The van der Waals surface area contributed by atoms with E-state index in [1.165, 1.54) is 70.6 Å². The summed E-state index contributed by atoms with van der Waals surface area (Å²) in [6.45, 7) is 12.2. The SMILES string of the molecule is CC(O)C(C)CCCC(C)[C@H]1CC[C@H]2[C@@H]3CCC4CCCC[C@]4(C)[C@H]3CC[C@]12C. The van der Waals surface area contributed by atoms with E-state index in [2.05, 4.69) is 27.7 Å². The smallest absolute Gasteiger partial charge is 0.0537 e. The molecule has 10 atom stereocenters. The van der Waals surface area contributed by atoms with E-state index in [0.717, 1.165) is 35.5 Å². The van der Waals surface area contributed by atoms with Crippen LogP contribution in [0.5, 0.6) is 0 Å². The Balaban J connectivity index is 1.41. The van der Waals surface area contributed by atoms with Gasteiger partial charge < -0.3 is 5.11 Å². The first-order valence-electron chi connectivity index (χ1n) is 13.5. The van der Waals surface area contributed by atoms with Gasteiger partial charge >= 0.3 is 0 Å². The average Bonchev–Trinajstić information content (AvgIpc) is 3.04. The van der Waals surface area contributed by atoms with Gasteiger partial charge in [0, 0.05) is 0 Å². The molecule has 0 aromatic carbocycles. The van der Waals surface area contributed by atoms with Crippen molar-refractivity contribution in [2.24, 2.45) is 52.3 Å². The third-order valence-electron chi connectivity index (χ3n) is 11.5. The largest absolute Gasteiger partial charge is 0.393 e. The summed E-state index contributed by atoms with van der Waals surface area (Å²) in [6.07, 6.45) is 19.0. The Morgan fingerprint density at radius 2 is 1.55 bits per heavy atom. The summed E-state index contributed by atoms with van der Waals surface area (Å²) in [5.41, 5.74) is 1.30. The zero-order valence-corrected chi connectivity index (χ0v) is 20.3. The van der Waals surface area contributed by atoms with Crippen molar-refractivity contribution in [3.63, 3.8) is 0 Å². The van der Waals surface area contributed by atoms with Gasteiger partial charge in [0.25, 0.3) is 0 Å². The van der Waals surface area contributed by atoms with E-state index in [0.29, 0.717) is 16.7 Å². The summed E-state index contributed by atoms with van der Waals surface area (Å²) in [5.74, 6) is 6.42. The maximum atomic E-state index is 9.81. The molecule has 29 heavy (non-hydrogen) atoms. The number of hydrogen-bond donors (Lipinski definition) is 1. The van der Waals surface area contributed by atoms with Crippen LogP contribution in [0.2, 0.25) is 0 Å². The Hall–Kier alpha value is -0.0400. The number of fused-ring (bicyclic) bond motifs is 5. The molecule has 0 aliphatic heterocycles. The summed E-state index contributed by atoms with van der Waals surface area (Å²) in [6, 6.07) is 0. The van der Waals surface area contributed by atoms with Gasteiger partial charge in [-0.2, -0.15) is 0 Å². The van der Waals surface area contributed by atoms with Crippen molar-refractivity contribution in [2.45, 2.75) is 124 Å². The molecule has 4 unspecified atom stereocenters. The minimum Gasteiger partial charge on any atom is -0.393 e. The Kier molecular flexibility index (Phi) is 6.48. The van der Waals surface area contributed by atoms with Crippen molar-refractivity contribution in [1.82, 2.24) is 0 Å². The molecule has 168 valence electrons. The van der Waals surface area contributed by atoms with Crippen LogP contribution in [0.4, 0.5) is 0 Å². The highest BCUT2D eigenvalue weighted by Crippen LogP contribution is 2.68. The van der Waals surface area contributed by atoms with Gasteiger partial charge in [0.1, 0.15) is 0 Å². The van der Waals surface area contributed by atoms with Crippen molar-refractivity contribution < 1.29 is 5.11 Å². The van der Waals surface area contributed by atoms with Gasteiger partial charge in [0.2, 0.25) is 0 Å². The van der Waals surface area contributed by atoms with Gasteiger partial charge in [-0.25, -0.2) is 0 Å². The zero-order chi connectivity index (χ0) is 20.8. The molecule has 0 aromatic rings. The lowest BCUT2D eigenvalue weighted by molar-refractivity contribution is -0.114. The third-order valence-corrected chi connectivity index (χ3v) is 11.5. The second-order valence-corrected chi connectivity index (χ2v) is 12.8. The lowest BCUT2D eigenvalue weighted by Gasteiger charge is -2.61. The fourth-order valence-electron chi connectivity index (χ4n) is 9.47. The summed E-state index contributed by atoms with van der Waals surface area (Å²) >= 11 is 0. The normalized spacial score (nSPS) is 47.6. The van der Waals surface area contributed by atoms with Gasteiger partial charge in [0.05, 0.1) is 6.10 Å². The predicted octanol–water partition coefficient (Wildman–Crippen LogP) is 7.86. The topological polar surface area (TPSA) is 20.2 Å². The van der Waals surface area contributed by atoms with Crippen LogP contribution < -0.4 is 0 Å². The highest BCUT2D eigenvalue weighted by molar-refractivity contribution is 5.09. The summed E-state index contributed by atoms with van der Waals surface area (Å²) < 4.78 is 0. The van der Waals surface area contributed by atoms with E-state index in [9.17, 15) is 5.11 Å². The molecule has 4 fully saturated rings. The van der Waals surface area contributed by atoms with Gasteiger partial charge in [-0.15, -0.1) is 0 Å². The fourth-order valence-corrected chi connectivity index (χ4v) is 9.47. The van der Waals surface area contributed by atoms with Crippen molar-refractivity contribution in [3.05, 3.63) is 0 Å². The highest BCUT2D eigenvalue weighted by Gasteiger charge is 2.59.